The van der Waals surface area contributed by atoms with Gasteiger partial charge in [-0.3, -0.25) is 0 Å². The fourth-order valence-corrected chi connectivity index (χ4v) is 1.68. The van der Waals surface area contributed by atoms with E-state index in [2.05, 4.69) is 12.2 Å². The number of hydrogen-bond acceptors (Lipinski definition) is 3. The van der Waals surface area contributed by atoms with Crippen molar-refractivity contribution in [2.24, 2.45) is 0 Å². The Balaban J connectivity index is 2.54. The molecule has 1 aromatic carbocycles. The van der Waals surface area contributed by atoms with Crippen molar-refractivity contribution < 1.29 is 9.90 Å². The number of carboxylic acid groups (broad SMARTS) is 1. The van der Waals surface area contributed by atoms with Gasteiger partial charge >= 0.3 is 5.97 Å². The Labute approximate surface area is 102 Å². The average Bonchev–Trinajstić information content (AvgIpc) is 2.30. The third-order valence-electron chi connectivity index (χ3n) is 2.68. The van der Waals surface area contributed by atoms with Crippen LogP contribution in [-0.4, -0.2) is 17.6 Å². The lowest BCUT2D eigenvalue weighted by molar-refractivity contribution is 0.0698. The molecule has 0 fully saturated rings. The van der Waals surface area contributed by atoms with Gasteiger partial charge in [0.25, 0.3) is 0 Å². The number of benzene rings is 1. The van der Waals surface area contributed by atoms with E-state index in [1.807, 2.05) is 6.07 Å². The molecule has 94 valence electrons. The largest absolute Gasteiger partial charge is 0.478 e. The standard InChI is InChI=1S/C13H20N2O2/c1-2-3-4-5-9-15-11-8-6-7-10(12(11)14)13(16)17/h6-8,15H,2-5,9,14H2,1H3,(H,16,17). The lowest BCUT2D eigenvalue weighted by Gasteiger charge is -2.10. The number of aromatic carboxylic acids is 1. The highest BCUT2D eigenvalue weighted by molar-refractivity contribution is 5.97. The number of nitrogen functional groups attached to an aromatic ring is 1. The van der Waals surface area contributed by atoms with Crippen molar-refractivity contribution in [3.05, 3.63) is 23.8 Å². The van der Waals surface area contributed by atoms with Gasteiger partial charge < -0.3 is 16.2 Å². The number of anilines is 2. The number of nitrogens with two attached hydrogens (primary N) is 1. The number of carboxylic acids is 1. The quantitative estimate of drug-likeness (QED) is 0.502. The summed E-state index contributed by atoms with van der Waals surface area (Å²) in [7, 11) is 0. The first-order chi connectivity index (χ1) is 8.16. The molecule has 4 N–H and O–H groups in total. The maximum Gasteiger partial charge on any atom is 0.337 e. The molecule has 4 heteroatoms. The van der Waals surface area contributed by atoms with E-state index >= 15 is 0 Å². The molecule has 0 saturated heterocycles. The number of unbranched alkanes of at least 4 members (excludes halogenated alkanes) is 3. The maximum absolute atomic E-state index is 10.9. The van der Waals surface area contributed by atoms with E-state index in [4.69, 9.17) is 10.8 Å². The van der Waals surface area contributed by atoms with Gasteiger partial charge in [0.1, 0.15) is 0 Å². The van der Waals surface area contributed by atoms with Crippen LogP contribution < -0.4 is 11.1 Å². The molecule has 0 radical (unpaired) electrons. The normalized spacial score (nSPS) is 10.2. The molecule has 0 aliphatic rings. The predicted octanol–water partition coefficient (Wildman–Crippen LogP) is 2.96. The maximum atomic E-state index is 10.9. The molecule has 0 unspecified atom stereocenters. The van der Waals surface area contributed by atoms with Crippen molar-refractivity contribution in [1.82, 2.24) is 0 Å². The van der Waals surface area contributed by atoms with Crippen molar-refractivity contribution in [1.29, 1.82) is 0 Å². The predicted molar refractivity (Wildman–Crippen MR) is 70.4 cm³/mol. The molecular formula is C13H20N2O2. The second-order valence-corrected chi connectivity index (χ2v) is 4.06. The summed E-state index contributed by atoms with van der Waals surface area (Å²) >= 11 is 0. The molecule has 0 atom stereocenters. The van der Waals surface area contributed by atoms with Gasteiger partial charge in [0.15, 0.2) is 0 Å². The van der Waals surface area contributed by atoms with Crippen molar-refractivity contribution in [3.63, 3.8) is 0 Å². The second-order valence-electron chi connectivity index (χ2n) is 4.06. The Kier molecular flexibility index (Phi) is 5.33. The summed E-state index contributed by atoms with van der Waals surface area (Å²) in [6.45, 7) is 3.00. The van der Waals surface area contributed by atoms with Gasteiger partial charge in [-0.25, -0.2) is 4.79 Å². The minimum atomic E-state index is -0.989. The van der Waals surface area contributed by atoms with Crippen LogP contribution in [0.4, 0.5) is 11.4 Å². The highest BCUT2D eigenvalue weighted by atomic mass is 16.4. The lowest BCUT2D eigenvalue weighted by Crippen LogP contribution is -2.08. The highest BCUT2D eigenvalue weighted by Crippen LogP contribution is 2.22. The number of nitrogens with one attached hydrogen (secondary N) is 1. The molecular weight excluding hydrogens is 216 g/mol. The van der Waals surface area contributed by atoms with Gasteiger partial charge in [-0.05, 0) is 18.6 Å². The molecule has 0 aliphatic heterocycles. The van der Waals surface area contributed by atoms with Crippen LogP contribution in [-0.2, 0) is 0 Å². The summed E-state index contributed by atoms with van der Waals surface area (Å²) in [5.41, 5.74) is 6.96. The molecule has 0 amide bonds. The van der Waals surface area contributed by atoms with Crippen LogP contribution >= 0.6 is 0 Å². The van der Waals surface area contributed by atoms with E-state index in [1.165, 1.54) is 25.3 Å². The highest BCUT2D eigenvalue weighted by Gasteiger charge is 2.10. The zero-order valence-electron chi connectivity index (χ0n) is 10.2. The van der Waals surface area contributed by atoms with E-state index in [1.54, 1.807) is 6.07 Å². The van der Waals surface area contributed by atoms with Crippen molar-refractivity contribution in [2.45, 2.75) is 32.6 Å². The fraction of sp³-hybridized carbons (Fsp3) is 0.462. The number of hydrogen-bond donors (Lipinski definition) is 3. The summed E-state index contributed by atoms with van der Waals surface area (Å²) < 4.78 is 0. The van der Waals surface area contributed by atoms with Crippen LogP contribution in [0.3, 0.4) is 0 Å². The van der Waals surface area contributed by atoms with Gasteiger partial charge in [-0.2, -0.15) is 0 Å². The topological polar surface area (TPSA) is 75.3 Å². The van der Waals surface area contributed by atoms with E-state index in [9.17, 15) is 4.79 Å². The van der Waals surface area contributed by atoms with Gasteiger partial charge in [0.05, 0.1) is 16.9 Å². The van der Waals surface area contributed by atoms with E-state index in [0.29, 0.717) is 11.4 Å². The SMILES string of the molecule is CCCCCCNc1cccc(C(=O)O)c1N. The van der Waals surface area contributed by atoms with Crippen LogP contribution in [0.2, 0.25) is 0 Å². The molecule has 17 heavy (non-hydrogen) atoms. The van der Waals surface area contributed by atoms with E-state index in [0.717, 1.165) is 13.0 Å². The summed E-state index contributed by atoms with van der Waals surface area (Å²) in [5.74, 6) is -0.989. The monoisotopic (exact) mass is 236 g/mol. The molecule has 0 aromatic heterocycles. The second kappa shape index (κ2) is 6.78. The first-order valence-corrected chi connectivity index (χ1v) is 6.02. The summed E-state index contributed by atoms with van der Waals surface area (Å²) in [6.07, 6.45) is 4.69. The minimum absolute atomic E-state index is 0.156. The number of rotatable bonds is 7. The Morgan fingerprint density at radius 2 is 2.12 bits per heavy atom. The Morgan fingerprint density at radius 3 is 2.76 bits per heavy atom. The van der Waals surface area contributed by atoms with Crippen LogP contribution in [0.25, 0.3) is 0 Å². The van der Waals surface area contributed by atoms with E-state index in [-0.39, 0.29) is 5.56 Å². The zero-order valence-corrected chi connectivity index (χ0v) is 10.2. The minimum Gasteiger partial charge on any atom is -0.478 e. The summed E-state index contributed by atoms with van der Waals surface area (Å²) in [4.78, 5) is 10.9. The van der Waals surface area contributed by atoms with Gasteiger partial charge in [-0.1, -0.05) is 32.3 Å². The van der Waals surface area contributed by atoms with Crippen LogP contribution in [0, 0.1) is 0 Å². The molecule has 4 nitrogen and oxygen atoms in total. The fourth-order valence-electron chi connectivity index (χ4n) is 1.68. The smallest absolute Gasteiger partial charge is 0.337 e. The number of para-hydroxylation sites is 1. The van der Waals surface area contributed by atoms with Gasteiger partial charge in [-0.15, -0.1) is 0 Å². The molecule has 0 aliphatic carbocycles. The molecule has 0 saturated carbocycles. The van der Waals surface area contributed by atoms with Crippen LogP contribution in [0.5, 0.6) is 0 Å². The summed E-state index contributed by atoms with van der Waals surface area (Å²) in [6, 6.07) is 5.02. The van der Waals surface area contributed by atoms with Gasteiger partial charge in [0, 0.05) is 6.54 Å². The number of carbonyl (C=O) groups is 1. The first-order valence-electron chi connectivity index (χ1n) is 6.02. The molecule has 0 heterocycles. The van der Waals surface area contributed by atoms with Crippen molar-refractivity contribution in [2.75, 3.05) is 17.6 Å². The Hall–Kier alpha value is -1.71. The van der Waals surface area contributed by atoms with Crippen molar-refractivity contribution in [3.8, 4) is 0 Å². The third-order valence-corrected chi connectivity index (χ3v) is 2.68. The van der Waals surface area contributed by atoms with Gasteiger partial charge in [0.2, 0.25) is 0 Å². The van der Waals surface area contributed by atoms with Crippen LogP contribution in [0.15, 0.2) is 18.2 Å². The lowest BCUT2D eigenvalue weighted by atomic mass is 10.1. The molecule has 0 spiro atoms. The first kappa shape index (κ1) is 13.4. The average molecular weight is 236 g/mol. The zero-order chi connectivity index (χ0) is 12.7. The molecule has 0 bridgehead atoms. The Morgan fingerprint density at radius 1 is 1.35 bits per heavy atom. The van der Waals surface area contributed by atoms with E-state index < -0.39 is 5.97 Å². The third kappa shape index (κ3) is 3.98. The van der Waals surface area contributed by atoms with Crippen LogP contribution in [0.1, 0.15) is 43.0 Å². The molecule has 1 aromatic rings. The summed E-state index contributed by atoms with van der Waals surface area (Å²) in [5, 5.41) is 12.1. The molecule has 1 rings (SSSR count). The Bertz CT molecular complexity index is 378. The van der Waals surface area contributed by atoms with Crippen molar-refractivity contribution >= 4 is 17.3 Å².